The highest BCUT2D eigenvalue weighted by Crippen LogP contribution is 2.61. The molecule has 0 radical (unpaired) electrons. The van der Waals surface area contributed by atoms with Crippen LogP contribution in [0.15, 0.2) is 30.3 Å². The Morgan fingerprint density at radius 2 is 1.76 bits per heavy atom. The highest BCUT2D eigenvalue weighted by molar-refractivity contribution is 6.07. The molecule has 34 heavy (non-hydrogen) atoms. The van der Waals surface area contributed by atoms with Gasteiger partial charge in [-0.1, -0.05) is 25.1 Å². The number of hydrogen-bond donors (Lipinski definition) is 1. The van der Waals surface area contributed by atoms with Crippen molar-refractivity contribution in [2.75, 3.05) is 0 Å². The summed E-state index contributed by atoms with van der Waals surface area (Å²) >= 11 is 0. The van der Waals surface area contributed by atoms with Crippen molar-refractivity contribution < 1.29 is 4.79 Å². The molecule has 5 heteroatoms. The molecule has 178 valence electrons. The largest absolute Gasteiger partial charge is 0.349 e. The summed E-state index contributed by atoms with van der Waals surface area (Å²) in [5.41, 5.74) is 5.73. The molecule has 4 aliphatic carbocycles. The molecule has 4 saturated carbocycles. The van der Waals surface area contributed by atoms with E-state index in [1.165, 1.54) is 38.5 Å². The van der Waals surface area contributed by atoms with Crippen LogP contribution in [0.2, 0.25) is 0 Å². The number of hydrogen-bond acceptors (Lipinski definition) is 3. The number of carbonyl (C=O) groups excluding carboxylic acids is 1. The summed E-state index contributed by atoms with van der Waals surface area (Å²) in [6.07, 6.45) is 9.16. The Balaban J connectivity index is 1.38. The van der Waals surface area contributed by atoms with Crippen LogP contribution in [0.3, 0.4) is 0 Å². The third-order valence-electron chi connectivity index (χ3n) is 9.26. The smallest absolute Gasteiger partial charge is 0.252 e. The first-order valence-corrected chi connectivity index (χ1v) is 13.1. The summed E-state index contributed by atoms with van der Waals surface area (Å²) in [7, 11) is 1.96. The monoisotopic (exact) mass is 456 g/mol. The van der Waals surface area contributed by atoms with Crippen molar-refractivity contribution in [3.8, 4) is 11.3 Å². The summed E-state index contributed by atoms with van der Waals surface area (Å²) in [5.74, 6) is 2.67. The van der Waals surface area contributed by atoms with Gasteiger partial charge in [-0.2, -0.15) is 5.10 Å². The van der Waals surface area contributed by atoms with Crippen LogP contribution < -0.4 is 5.32 Å². The normalized spacial score (nSPS) is 28.4. The molecule has 3 aromatic rings. The highest BCUT2D eigenvalue weighted by Gasteiger charge is 2.54. The molecular weight excluding hydrogens is 420 g/mol. The average Bonchev–Trinajstić information content (AvgIpc) is 3.06. The fraction of sp³-hybridized carbons (Fsp3) is 0.552. The standard InChI is InChI=1S/C29H36N4O/c1-5-26(29-14-19-10-20(15-29)12-21(11-19)16-29)31-28(34)23-13-25(27-17(2)32-33(4)18(27)3)30-24-9-7-6-8-22(23)24/h6-9,13,19-21,26H,5,10-12,14-16H2,1-4H3,(H,31,34). The summed E-state index contributed by atoms with van der Waals surface area (Å²) in [5, 5.41) is 9.06. The maximum Gasteiger partial charge on any atom is 0.252 e. The Labute approximate surface area is 202 Å². The van der Waals surface area contributed by atoms with Gasteiger partial charge in [0.05, 0.1) is 22.5 Å². The molecule has 4 fully saturated rings. The summed E-state index contributed by atoms with van der Waals surface area (Å²) in [6.45, 7) is 6.33. The number of fused-ring (bicyclic) bond motifs is 1. The number of aryl methyl sites for hydroxylation is 2. The van der Waals surface area contributed by atoms with E-state index in [1.54, 1.807) is 0 Å². The van der Waals surface area contributed by atoms with Gasteiger partial charge in [0, 0.05) is 29.7 Å². The first kappa shape index (κ1) is 21.8. The van der Waals surface area contributed by atoms with Gasteiger partial charge >= 0.3 is 0 Å². The van der Waals surface area contributed by atoms with E-state index < -0.39 is 0 Å². The molecule has 7 rings (SSSR count). The third-order valence-corrected chi connectivity index (χ3v) is 9.26. The van der Waals surface area contributed by atoms with Gasteiger partial charge in [-0.25, -0.2) is 4.98 Å². The van der Waals surface area contributed by atoms with Crippen molar-refractivity contribution in [2.45, 2.75) is 71.8 Å². The summed E-state index contributed by atoms with van der Waals surface area (Å²) in [4.78, 5) is 18.9. The molecule has 1 amide bonds. The second kappa shape index (κ2) is 7.93. The molecule has 2 aromatic heterocycles. The summed E-state index contributed by atoms with van der Waals surface area (Å²) < 4.78 is 1.89. The third kappa shape index (κ3) is 3.38. The van der Waals surface area contributed by atoms with Crippen LogP contribution in [0.1, 0.15) is 73.6 Å². The zero-order valence-electron chi connectivity index (χ0n) is 20.9. The lowest BCUT2D eigenvalue weighted by molar-refractivity contribution is -0.0727. The maximum atomic E-state index is 13.9. The van der Waals surface area contributed by atoms with E-state index in [1.807, 2.05) is 49.0 Å². The molecule has 4 aliphatic rings. The van der Waals surface area contributed by atoms with Gasteiger partial charge < -0.3 is 5.32 Å². The number of pyridine rings is 1. The lowest BCUT2D eigenvalue weighted by Crippen LogP contribution is -2.56. The minimum absolute atomic E-state index is 0.0432. The van der Waals surface area contributed by atoms with Crippen LogP contribution in [0, 0.1) is 37.0 Å². The molecule has 1 N–H and O–H groups in total. The molecule has 0 aliphatic heterocycles. The van der Waals surface area contributed by atoms with Crippen LogP contribution in [0.5, 0.6) is 0 Å². The Kier molecular flexibility index (Phi) is 5.09. The fourth-order valence-electron chi connectivity index (χ4n) is 8.16. The van der Waals surface area contributed by atoms with Gasteiger partial charge in [-0.15, -0.1) is 0 Å². The fourth-order valence-corrected chi connectivity index (χ4v) is 8.16. The van der Waals surface area contributed by atoms with E-state index in [2.05, 4.69) is 24.3 Å². The first-order chi connectivity index (χ1) is 16.4. The van der Waals surface area contributed by atoms with E-state index >= 15 is 0 Å². The number of para-hydroxylation sites is 1. The number of rotatable bonds is 5. The number of benzene rings is 1. The Morgan fingerprint density at radius 1 is 1.12 bits per heavy atom. The van der Waals surface area contributed by atoms with Crippen LogP contribution in [-0.4, -0.2) is 26.7 Å². The van der Waals surface area contributed by atoms with E-state index in [0.717, 1.165) is 63.3 Å². The molecule has 0 saturated heterocycles. The molecule has 1 aromatic carbocycles. The highest BCUT2D eigenvalue weighted by atomic mass is 16.1. The SMILES string of the molecule is CCC(NC(=O)c1cc(-c2c(C)nn(C)c2C)nc2ccccc12)C12CC3CC(CC(C3)C1)C2. The quantitative estimate of drug-likeness (QED) is 0.514. The number of nitrogens with zero attached hydrogens (tertiary/aromatic N) is 3. The van der Waals surface area contributed by atoms with Crippen molar-refractivity contribution in [2.24, 2.45) is 30.2 Å². The van der Waals surface area contributed by atoms with Crippen LogP contribution in [-0.2, 0) is 7.05 Å². The topological polar surface area (TPSA) is 59.8 Å². The van der Waals surface area contributed by atoms with Gasteiger partial charge in [0.25, 0.3) is 5.91 Å². The Hall–Kier alpha value is -2.69. The molecule has 4 bridgehead atoms. The summed E-state index contributed by atoms with van der Waals surface area (Å²) in [6, 6.07) is 10.3. The first-order valence-electron chi connectivity index (χ1n) is 13.1. The van der Waals surface area contributed by atoms with Crippen LogP contribution in [0.25, 0.3) is 22.2 Å². The second-order valence-electron chi connectivity index (χ2n) is 11.5. The number of nitrogens with one attached hydrogen (secondary N) is 1. The van der Waals surface area contributed by atoms with Gasteiger partial charge in [0.2, 0.25) is 0 Å². The van der Waals surface area contributed by atoms with Crippen molar-refractivity contribution >= 4 is 16.8 Å². The molecule has 5 nitrogen and oxygen atoms in total. The Bertz CT molecular complexity index is 1240. The van der Waals surface area contributed by atoms with E-state index in [9.17, 15) is 4.79 Å². The van der Waals surface area contributed by atoms with Gasteiger partial charge in [-0.3, -0.25) is 9.48 Å². The maximum absolute atomic E-state index is 13.9. The lowest BCUT2D eigenvalue weighted by Gasteiger charge is -2.59. The van der Waals surface area contributed by atoms with E-state index in [4.69, 9.17) is 4.98 Å². The van der Waals surface area contributed by atoms with Crippen LogP contribution in [0.4, 0.5) is 0 Å². The number of aromatic nitrogens is 3. The second-order valence-corrected chi connectivity index (χ2v) is 11.5. The van der Waals surface area contributed by atoms with Crippen LogP contribution >= 0.6 is 0 Å². The van der Waals surface area contributed by atoms with Gasteiger partial charge in [0.15, 0.2) is 0 Å². The predicted octanol–water partition coefficient (Wildman–Crippen LogP) is 5.98. The van der Waals surface area contributed by atoms with Crippen molar-refractivity contribution in [3.63, 3.8) is 0 Å². The van der Waals surface area contributed by atoms with E-state index in [0.29, 0.717) is 5.41 Å². The lowest BCUT2D eigenvalue weighted by atomic mass is 9.47. The molecule has 2 heterocycles. The average molecular weight is 457 g/mol. The molecule has 1 unspecified atom stereocenters. The van der Waals surface area contributed by atoms with Crippen molar-refractivity contribution in [1.82, 2.24) is 20.1 Å². The molecule has 0 spiro atoms. The zero-order chi connectivity index (χ0) is 23.6. The molecular formula is C29H36N4O. The van der Waals surface area contributed by atoms with Gasteiger partial charge in [0.1, 0.15) is 0 Å². The predicted molar refractivity (Wildman–Crippen MR) is 136 cm³/mol. The van der Waals surface area contributed by atoms with Crippen molar-refractivity contribution in [1.29, 1.82) is 0 Å². The Morgan fingerprint density at radius 3 is 2.35 bits per heavy atom. The zero-order valence-corrected chi connectivity index (χ0v) is 20.9. The van der Waals surface area contributed by atoms with E-state index in [-0.39, 0.29) is 11.9 Å². The number of carbonyl (C=O) groups is 1. The minimum Gasteiger partial charge on any atom is -0.349 e. The molecule has 1 atom stereocenters. The minimum atomic E-state index is 0.0432. The number of amides is 1. The van der Waals surface area contributed by atoms with Crippen molar-refractivity contribution in [3.05, 3.63) is 47.3 Å². The van der Waals surface area contributed by atoms with Gasteiger partial charge in [-0.05, 0) is 94.1 Å².